The highest BCUT2D eigenvalue weighted by Gasteiger charge is 2.39. The molecular weight excluding hydrogens is 603 g/mol. The molecule has 0 aliphatic carbocycles. The number of carboxylic acid groups (broad SMARTS) is 1. The molecule has 47 heavy (non-hydrogen) atoms. The Kier molecular flexibility index (Phi) is 9.40. The van der Waals surface area contributed by atoms with Crippen LogP contribution < -0.4 is 4.74 Å². The van der Waals surface area contributed by atoms with Gasteiger partial charge in [0.1, 0.15) is 5.60 Å². The Hall–Kier alpha value is -3.66. The summed E-state index contributed by atoms with van der Waals surface area (Å²) in [6, 6.07) is 1.40. The highest BCUT2D eigenvalue weighted by atomic mass is 19.1. The summed E-state index contributed by atoms with van der Waals surface area (Å²) in [6.45, 7) is 18.4. The van der Waals surface area contributed by atoms with Gasteiger partial charge in [0.15, 0.2) is 17.7 Å². The standard InChI is InChI=1S/C37H49FN2O7/c1-20-24-11-10-16-45-32(24)28(38)17-26(20)30-22(3)27-19-40(23-12-14-39(15-13-23)35(44)47-37(7,8)9)29(41)18-25(27)21(2)31(30)33(34(42)43)46-36(4,5)6/h17,23,33H,10-16,18-19H2,1-9H3,(H,42,43). The van der Waals surface area contributed by atoms with E-state index in [4.69, 9.17) is 14.2 Å². The summed E-state index contributed by atoms with van der Waals surface area (Å²) in [5, 5.41) is 10.6. The van der Waals surface area contributed by atoms with Crippen LogP contribution in [-0.4, -0.2) is 69.8 Å². The van der Waals surface area contributed by atoms with Crippen LogP contribution in [0, 0.1) is 26.6 Å². The van der Waals surface area contributed by atoms with Gasteiger partial charge in [-0.2, -0.15) is 0 Å². The van der Waals surface area contributed by atoms with Crippen LogP contribution in [0.2, 0.25) is 0 Å². The maximum Gasteiger partial charge on any atom is 0.410 e. The number of ether oxygens (including phenoxy) is 3. The summed E-state index contributed by atoms with van der Waals surface area (Å²) in [7, 11) is 0. The van der Waals surface area contributed by atoms with Crippen molar-refractivity contribution in [3.8, 4) is 16.9 Å². The number of carbonyl (C=O) groups is 3. The number of benzene rings is 2. The van der Waals surface area contributed by atoms with Crippen LogP contribution in [0.25, 0.3) is 11.1 Å². The van der Waals surface area contributed by atoms with Crippen LogP contribution in [0.4, 0.5) is 9.18 Å². The van der Waals surface area contributed by atoms with Gasteiger partial charge in [-0.3, -0.25) is 4.79 Å². The number of piperidine rings is 1. The smallest absolute Gasteiger partial charge is 0.410 e. The fraction of sp³-hybridized carbons (Fsp3) is 0.595. The molecule has 3 aliphatic rings. The van der Waals surface area contributed by atoms with Gasteiger partial charge in [0.05, 0.1) is 18.6 Å². The van der Waals surface area contributed by atoms with E-state index in [2.05, 4.69) is 0 Å². The number of rotatable bonds is 5. The Balaban J connectivity index is 1.60. The number of nitrogens with zero attached hydrogens (tertiary/aromatic N) is 2. The topological polar surface area (TPSA) is 106 Å². The quantitative estimate of drug-likeness (QED) is 0.372. The number of hydrogen-bond acceptors (Lipinski definition) is 6. The monoisotopic (exact) mass is 652 g/mol. The van der Waals surface area contributed by atoms with Gasteiger partial charge in [-0.1, -0.05) is 0 Å². The zero-order valence-corrected chi connectivity index (χ0v) is 29.3. The van der Waals surface area contributed by atoms with Gasteiger partial charge in [0.25, 0.3) is 0 Å². The first-order valence-corrected chi connectivity index (χ1v) is 16.7. The number of carboxylic acids is 1. The molecule has 256 valence electrons. The van der Waals surface area contributed by atoms with E-state index in [1.165, 1.54) is 6.07 Å². The maximum absolute atomic E-state index is 15.7. The Morgan fingerprint density at radius 3 is 2.23 bits per heavy atom. The molecule has 5 rings (SSSR count). The fourth-order valence-electron chi connectivity index (χ4n) is 7.32. The van der Waals surface area contributed by atoms with Crippen LogP contribution in [0.15, 0.2) is 6.07 Å². The molecule has 0 bridgehead atoms. The average Bonchev–Trinajstić information content (AvgIpc) is 2.98. The molecule has 3 aliphatic heterocycles. The van der Waals surface area contributed by atoms with Crippen LogP contribution in [0.5, 0.6) is 5.75 Å². The molecule has 2 aromatic carbocycles. The second kappa shape index (κ2) is 12.7. The molecule has 1 unspecified atom stereocenters. The minimum Gasteiger partial charge on any atom is -0.490 e. The molecule has 1 N–H and O–H groups in total. The lowest BCUT2D eigenvalue weighted by Gasteiger charge is -2.42. The van der Waals surface area contributed by atoms with E-state index in [0.29, 0.717) is 67.8 Å². The number of aliphatic carboxylic acids is 1. The first kappa shape index (κ1) is 34.7. The summed E-state index contributed by atoms with van der Waals surface area (Å²) < 4.78 is 33.2. The van der Waals surface area contributed by atoms with Crippen molar-refractivity contribution in [1.82, 2.24) is 9.80 Å². The first-order valence-electron chi connectivity index (χ1n) is 16.7. The number of halogens is 1. The number of hydrogen-bond donors (Lipinski definition) is 1. The van der Waals surface area contributed by atoms with E-state index in [1.807, 2.05) is 46.4 Å². The van der Waals surface area contributed by atoms with Gasteiger partial charge < -0.3 is 29.1 Å². The van der Waals surface area contributed by atoms with E-state index in [0.717, 1.165) is 34.2 Å². The summed E-state index contributed by atoms with van der Waals surface area (Å²) in [4.78, 5) is 43.0. The van der Waals surface area contributed by atoms with Crippen molar-refractivity contribution in [1.29, 1.82) is 0 Å². The van der Waals surface area contributed by atoms with Crippen LogP contribution >= 0.6 is 0 Å². The molecule has 1 atom stereocenters. The Morgan fingerprint density at radius 2 is 1.64 bits per heavy atom. The molecule has 0 aromatic heterocycles. The highest BCUT2D eigenvalue weighted by Crippen LogP contribution is 2.46. The summed E-state index contributed by atoms with van der Waals surface area (Å²) in [6.07, 6.45) is 1.11. The Morgan fingerprint density at radius 1 is 0.979 bits per heavy atom. The number of carbonyl (C=O) groups excluding carboxylic acids is 2. The molecule has 0 radical (unpaired) electrons. The molecule has 10 heteroatoms. The molecule has 9 nitrogen and oxygen atoms in total. The molecule has 3 heterocycles. The predicted molar refractivity (Wildman–Crippen MR) is 176 cm³/mol. The molecule has 1 saturated heterocycles. The van der Waals surface area contributed by atoms with Crippen molar-refractivity contribution in [2.75, 3.05) is 19.7 Å². The van der Waals surface area contributed by atoms with Gasteiger partial charge >= 0.3 is 12.1 Å². The molecule has 1 fully saturated rings. The Labute approximate surface area is 277 Å². The lowest BCUT2D eigenvalue weighted by molar-refractivity contribution is -0.160. The van der Waals surface area contributed by atoms with Crippen LogP contribution in [0.3, 0.4) is 0 Å². The SMILES string of the molecule is Cc1c(-c2c(C)c3c(c(C)c2C(OC(C)(C)C)C(=O)O)CC(=O)N(C2CCN(C(=O)OC(C)(C)C)CC2)C3)cc(F)c2c1CCCO2. The maximum atomic E-state index is 15.7. The van der Waals surface area contributed by atoms with Gasteiger partial charge in [0, 0.05) is 36.8 Å². The number of likely N-dealkylation sites (tertiary alicyclic amines) is 1. The lowest BCUT2D eigenvalue weighted by Crippen LogP contribution is -2.51. The summed E-state index contributed by atoms with van der Waals surface area (Å²) in [5.74, 6) is -1.39. The number of fused-ring (bicyclic) bond motifs is 2. The molecule has 2 amide bonds. The molecular formula is C37H49FN2O7. The first-order chi connectivity index (χ1) is 21.9. The van der Waals surface area contributed by atoms with E-state index in [1.54, 1.807) is 25.7 Å². The van der Waals surface area contributed by atoms with Gasteiger partial charge in [-0.05, 0) is 133 Å². The Bertz CT molecular complexity index is 1600. The fourth-order valence-corrected chi connectivity index (χ4v) is 7.32. The third kappa shape index (κ3) is 6.98. The van der Waals surface area contributed by atoms with E-state index < -0.39 is 29.1 Å². The van der Waals surface area contributed by atoms with Crippen molar-refractivity contribution >= 4 is 18.0 Å². The van der Waals surface area contributed by atoms with Crippen LogP contribution in [0.1, 0.15) is 106 Å². The van der Waals surface area contributed by atoms with Crippen molar-refractivity contribution < 1.29 is 38.1 Å². The molecule has 0 saturated carbocycles. The molecule has 0 spiro atoms. The van der Waals surface area contributed by atoms with E-state index >= 15 is 4.39 Å². The van der Waals surface area contributed by atoms with Crippen molar-refractivity contribution in [2.45, 2.75) is 124 Å². The van der Waals surface area contributed by atoms with Crippen molar-refractivity contribution in [3.05, 3.63) is 50.8 Å². The summed E-state index contributed by atoms with van der Waals surface area (Å²) in [5.41, 5.74) is 5.21. The van der Waals surface area contributed by atoms with Crippen molar-refractivity contribution in [2.24, 2.45) is 0 Å². The highest BCUT2D eigenvalue weighted by molar-refractivity contribution is 5.89. The average molecular weight is 653 g/mol. The molecule has 2 aromatic rings. The zero-order chi connectivity index (χ0) is 34.6. The lowest BCUT2D eigenvalue weighted by atomic mass is 9.78. The third-order valence-electron chi connectivity index (χ3n) is 9.52. The van der Waals surface area contributed by atoms with Gasteiger partial charge in [-0.25, -0.2) is 14.0 Å². The second-order valence-electron chi connectivity index (χ2n) is 15.1. The minimum atomic E-state index is -1.34. The normalized spacial score (nSPS) is 18.0. The second-order valence-corrected chi connectivity index (χ2v) is 15.1. The van der Waals surface area contributed by atoms with Gasteiger partial charge in [0.2, 0.25) is 5.91 Å². The van der Waals surface area contributed by atoms with E-state index in [-0.39, 0.29) is 30.2 Å². The van der Waals surface area contributed by atoms with Gasteiger partial charge in [-0.15, -0.1) is 0 Å². The third-order valence-corrected chi connectivity index (χ3v) is 9.52. The number of amides is 2. The zero-order valence-electron chi connectivity index (χ0n) is 29.3. The summed E-state index contributed by atoms with van der Waals surface area (Å²) >= 11 is 0. The minimum absolute atomic E-state index is 0.0359. The largest absolute Gasteiger partial charge is 0.490 e. The predicted octanol–water partition coefficient (Wildman–Crippen LogP) is 6.97. The van der Waals surface area contributed by atoms with Crippen molar-refractivity contribution in [3.63, 3.8) is 0 Å². The van der Waals surface area contributed by atoms with E-state index in [9.17, 15) is 19.5 Å². The van der Waals surface area contributed by atoms with Crippen LogP contribution in [-0.2, 0) is 38.4 Å².